The zero-order chi connectivity index (χ0) is 37.2. The molecule has 0 spiro atoms. The smallest absolute Gasteiger partial charge is 0.0238 e. The van der Waals surface area contributed by atoms with E-state index in [0.717, 1.165) is 12.8 Å². The molecule has 51 heavy (non-hydrogen) atoms. The SMILES string of the molecule is CC(C)(C)P(C1=Cc2ccccc2[CH]1[Ti][CH]1C(P(C(C)(C)C)C(C)(C)C)=Cc2ccccc21)C(C)(C)C.c1ccc(CCc2ccccc2)cc1. The molecule has 3 heteroatoms. The molecule has 0 saturated heterocycles. The molecule has 2 unspecified atom stereocenters. The Balaban J connectivity index is 0.000000299. The Hall–Kier alpha value is -2.07. The Kier molecular flexibility index (Phi) is 12.7. The van der Waals surface area contributed by atoms with Crippen LogP contribution >= 0.6 is 15.8 Å². The van der Waals surface area contributed by atoms with Crippen LogP contribution in [0.15, 0.2) is 120 Å². The van der Waals surface area contributed by atoms with Gasteiger partial charge in [-0.2, -0.15) is 0 Å². The number of aryl methyl sites for hydroxylation is 2. The molecule has 0 saturated carbocycles. The number of fused-ring (bicyclic) bond motifs is 2. The molecule has 0 aliphatic heterocycles. The Morgan fingerprint density at radius 2 is 0.706 bits per heavy atom. The summed E-state index contributed by atoms with van der Waals surface area (Å²) >= 11 is -0.394. The molecule has 0 amide bonds. The molecule has 0 nitrogen and oxygen atoms in total. The molecule has 0 radical (unpaired) electrons. The number of hydrogen-bond donors (Lipinski definition) is 0. The van der Waals surface area contributed by atoms with Gasteiger partial charge in [-0.15, -0.1) is 0 Å². The number of rotatable bonds is 7. The minimum atomic E-state index is -0.394. The third kappa shape index (κ3) is 9.93. The predicted octanol–water partition coefficient (Wildman–Crippen LogP) is 14.9. The molecule has 0 aromatic heterocycles. The van der Waals surface area contributed by atoms with Gasteiger partial charge in [0.05, 0.1) is 0 Å². The van der Waals surface area contributed by atoms with Crippen molar-refractivity contribution in [3.8, 4) is 0 Å². The van der Waals surface area contributed by atoms with Crippen LogP contribution in [-0.4, -0.2) is 20.6 Å². The fraction of sp³-hybridized carbons (Fsp3) is 0.417. The molecular formula is C48H62P2Ti. The van der Waals surface area contributed by atoms with E-state index in [1.165, 1.54) is 22.3 Å². The van der Waals surface area contributed by atoms with Crippen LogP contribution in [0.1, 0.15) is 125 Å². The van der Waals surface area contributed by atoms with Gasteiger partial charge in [0, 0.05) is 0 Å². The molecular weight excluding hydrogens is 686 g/mol. The minimum absolute atomic E-state index is 0.279. The molecule has 2 aliphatic rings. The number of benzene rings is 4. The normalized spacial score (nSPS) is 17.4. The van der Waals surface area contributed by atoms with Gasteiger partial charge in [0.25, 0.3) is 0 Å². The second-order valence-corrected chi connectivity index (χ2v) is 28.3. The van der Waals surface area contributed by atoms with Crippen molar-refractivity contribution >= 4 is 28.0 Å². The van der Waals surface area contributed by atoms with E-state index in [0.29, 0.717) is 8.45 Å². The van der Waals surface area contributed by atoms with E-state index < -0.39 is 19.2 Å². The first-order chi connectivity index (χ1) is 23.9. The Morgan fingerprint density at radius 1 is 0.412 bits per heavy atom. The van der Waals surface area contributed by atoms with Gasteiger partial charge in [0.15, 0.2) is 0 Å². The third-order valence-electron chi connectivity index (χ3n) is 9.73. The largest absolute Gasteiger partial charge is 0.0622 e. The summed E-state index contributed by atoms with van der Waals surface area (Å²) in [7, 11) is -0.627. The van der Waals surface area contributed by atoms with Gasteiger partial charge in [-0.3, -0.25) is 0 Å². The second-order valence-electron chi connectivity index (χ2n) is 18.3. The summed E-state index contributed by atoms with van der Waals surface area (Å²) in [6, 6.07) is 39.9. The summed E-state index contributed by atoms with van der Waals surface area (Å²) in [5, 5.41) is 4.67. The number of allylic oxidation sites excluding steroid dienone is 2. The van der Waals surface area contributed by atoms with E-state index in [1.54, 1.807) is 21.8 Å². The van der Waals surface area contributed by atoms with Crippen LogP contribution in [0.5, 0.6) is 0 Å². The Labute approximate surface area is 323 Å². The van der Waals surface area contributed by atoms with Crippen molar-refractivity contribution in [1.82, 2.24) is 0 Å². The minimum Gasteiger partial charge on any atom is -0.0622 e. The molecule has 4 aromatic rings. The second kappa shape index (κ2) is 16.1. The maximum absolute atomic E-state index is 2.63. The van der Waals surface area contributed by atoms with Gasteiger partial charge in [0.2, 0.25) is 0 Å². The van der Waals surface area contributed by atoms with Gasteiger partial charge in [-0.05, 0) is 24.0 Å². The van der Waals surface area contributed by atoms with E-state index in [9.17, 15) is 0 Å². The van der Waals surface area contributed by atoms with E-state index in [1.807, 2.05) is 0 Å². The monoisotopic (exact) mass is 748 g/mol. The van der Waals surface area contributed by atoms with Crippen molar-refractivity contribution in [1.29, 1.82) is 0 Å². The average molecular weight is 749 g/mol. The topological polar surface area (TPSA) is 0 Å². The van der Waals surface area contributed by atoms with Gasteiger partial charge in [-0.1, -0.05) is 60.7 Å². The fourth-order valence-electron chi connectivity index (χ4n) is 8.66. The van der Waals surface area contributed by atoms with E-state index in [4.69, 9.17) is 0 Å². The van der Waals surface area contributed by atoms with Crippen LogP contribution in [0.4, 0.5) is 0 Å². The zero-order valence-electron chi connectivity index (χ0n) is 33.5. The summed E-state index contributed by atoms with van der Waals surface area (Å²) in [6.45, 7) is 29.8. The first kappa shape index (κ1) is 40.1. The average Bonchev–Trinajstić information content (AvgIpc) is 3.56. The van der Waals surface area contributed by atoms with Crippen molar-refractivity contribution in [2.24, 2.45) is 0 Å². The molecule has 0 fully saturated rings. The van der Waals surface area contributed by atoms with Crippen LogP contribution in [0.2, 0.25) is 0 Å². The molecule has 2 atom stereocenters. The number of hydrogen-bond acceptors (Lipinski definition) is 0. The summed E-state index contributed by atoms with van der Waals surface area (Å²) in [5.41, 5.74) is 9.01. The van der Waals surface area contributed by atoms with Crippen molar-refractivity contribution in [3.05, 3.63) is 153 Å². The van der Waals surface area contributed by atoms with Crippen molar-refractivity contribution < 1.29 is 19.2 Å². The third-order valence-corrected chi connectivity index (χ3v) is 20.6. The van der Waals surface area contributed by atoms with Gasteiger partial charge < -0.3 is 0 Å². The fourth-order valence-corrected chi connectivity index (χ4v) is 21.6. The standard InChI is InChI=1S/2C17H24P.C14H14.Ti/c2*1-16(2,3)18(17(4,5)6)15-11-13-9-7-8-10-14(13)12-15;1-3-7-13(8-4-1)11-12-14-9-5-2-6-10-14;/h2*7-12H,1-6H3;1-10H,11-12H2;. The van der Waals surface area contributed by atoms with Crippen LogP contribution < -0.4 is 0 Å². The summed E-state index contributed by atoms with van der Waals surface area (Å²) in [4.78, 5) is 0. The van der Waals surface area contributed by atoms with Gasteiger partial charge in [-0.25, -0.2) is 0 Å². The molecule has 0 N–H and O–H groups in total. The Bertz CT molecular complexity index is 1640. The van der Waals surface area contributed by atoms with Gasteiger partial charge >= 0.3 is 241 Å². The maximum atomic E-state index is 2.63. The van der Waals surface area contributed by atoms with Gasteiger partial charge in [0.1, 0.15) is 0 Å². The Morgan fingerprint density at radius 3 is 1.02 bits per heavy atom. The molecule has 6 rings (SSSR count). The maximum Gasteiger partial charge on any atom is -0.0238 e. The van der Waals surface area contributed by atoms with Crippen molar-refractivity contribution in [2.75, 3.05) is 0 Å². The van der Waals surface area contributed by atoms with Crippen LogP contribution in [0, 0.1) is 0 Å². The molecule has 268 valence electrons. The van der Waals surface area contributed by atoms with E-state index in [-0.39, 0.29) is 36.5 Å². The van der Waals surface area contributed by atoms with Crippen LogP contribution in [-0.2, 0) is 32.0 Å². The van der Waals surface area contributed by atoms with Crippen molar-refractivity contribution in [3.63, 3.8) is 0 Å². The molecule has 0 heterocycles. The first-order valence-corrected chi connectivity index (χ1v) is 23.4. The van der Waals surface area contributed by atoms with E-state index in [2.05, 4.69) is 204 Å². The molecule has 0 bridgehead atoms. The van der Waals surface area contributed by atoms with Crippen molar-refractivity contribution in [2.45, 2.75) is 125 Å². The summed E-state index contributed by atoms with van der Waals surface area (Å²) < 4.78 is 1.22. The predicted molar refractivity (Wildman–Crippen MR) is 227 cm³/mol. The summed E-state index contributed by atoms with van der Waals surface area (Å²) in [5.74, 6) is 0. The summed E-state index contributed by atoms with van der Waals surface area (Å²) in [6.07, 6.45) is 7.52. The van der Waals surface area contributed by atoms with E-state index >= 15 is 0 Å². The quantitative estimate of drug-likeness (QED) is 0.130. The zero-order valence-corrected chi connectivity index (χ0v) is 36.9. The molecule has 4 aromatic carbocycles. The van der Waals surface area contributed by atoms with Crippen LogP contribution in [0.25, 0.3) is 12.2 Å². The molecule has 2 aliphatic carbocycles. The first-order valence-electron chi connectivity index (χ1n) is 18.9. The van der Waals surface area contributed by atoms with Crippen LogP contribution in [0.3, 0.4) is 0 Å².